The molecule has 0 aromatic heterocycles. The molecule has 0 atom stereocenters. The molecule has 0 heterocycles. The van der Waals surface area contributed by atoms with Crippen LogP contribution in [0.15, 0.2) is 30.3 Å². The SMILES string of the molecule is NCCNC(=O)C(F)(F)c1ccccc1. The molecule has 82 valence electrons. The Morgan fingerprint density at radius 2 is 1.93 bits per heavy atom. The molecule has 0 radical (unpaired) electrons. The molecule has 5 heteroatoms. The van der Waals surface area contributed by atoms with Gasteiger partial charge in [0, 0.05) is 18.7 Å². The molecule has 1 aromatic rings. The quantitative estimate of drug-likeness (QED) is 0.780. The van der Waals surface area contributed by atoms with Gasteiger partial charge in [0.25, 0.3) is 5.91 Å². The Labute approximate surface area is 86.3 Å². The number of hydrogen-bond donors (Lipinski definition) is 2. The first kappa shape index (κ1) is 11.6. The van der Waals surface area contributed by atoms with Gasteiger partial charge in [-0.2, -0.15) is 8.78 Å². The minimum Gasteiger partial charge on any atom is -0.349 e. The lowest BCUT2D eigenvalue weighted by molar-refractivity contribution is -0.146. The zero-order valence-corrected chi connectivity index (χ0v) is 8.04. The van der Waals surface area contributed by atoms with Crippen molar-refractivity contribution in [3.05, 3.63) is 35.9 Å². The molecule has 0 spiro atoms. The summed E-state index contributed by atoms with van der Waals surface area (Å²) in [6.07, 6.45) is 0. The molecule has 0 saturated heterocycles. The first-order valence-corrected chi connectivity index (χ1v) is 4.50. The molecule has 0 saturated carbocycles. The van der Waals surface area contributed by atoms with Crippen molar-refractivity contribution in [2.45, 2.75) is 5.92 Å². The molecule has 0 aliphatic carbocycles. The van der Waals surface area contributed by atoms with Crippen LogP contribution in [0.1, 0.15) is 5.56 Å². The lowest BCUT2D eigenvalue weighted by Crippen LogP contribution is -2.40. The van der Waals surface area contributed by atoms with Gasteiger partial charge in [-0.1, -0.05) is 30.3 Å². The molecular weight excluding hydrogens is 202 g/mol. The number of benzene rings is 1. The third-order valence-corrected chi connectivity index (χ3v) is 1.85. The molecule has 1 amide bonds. The fraction of sp³-hybridized carbons (Fsp3) is 0.300. The maximum atomic E-state index is 13.4. The number of carbonyl (C=O) groups excluding carboxylic acids is 1. The summed E-state index contributed by atoms with van der Waals surface area (Å²) in [4.78, 5) is 11.1. The number of nitrogens with two attached hydrogens (primary N) is 1. The van der Waals surface area contributed by atoms with Crippen LogP contribution in [0, 0.1) is 0 Å². The number of rotatable bonds is 4. The summed E-state index contributed by atoms with van der Waals surface area (Å²) in [6, 6.07) is 6.94. The van der Waals surface area contributed by atoms with Gasteiger partial charge < -0.3 is 11.1 Å². The number of halogens is 2. The number of carbonyl (C=O) groups is 1. The largest absolute Gasteiger partial charge is 0.349 e. The zero-order valence-electron chi connectivity index (χ0n) is 8.04. The van der Waals surface area contributed by atoms with E-state index in [1.165, 1.54) is 24.3 Å². The van der Waals surface area contributed by atoms with Gasteiger partial charge >= 0.3 is 5.92 Å². The van der Waals surface area contributed by atoms with Gasteiger partial charge in [0.2, 0.25) is 0 Å². The number of alkyl halides is 2. The molecule has 0 aliphatic rings. The van der Waals surface area contributed by atoms with Gasteiger partial charge in [0.05, 0.1) is 0 Å². The van der Waals surface area contributed by atoms with Crippen molar-refractivity contribution in [3.63, 3.8) is 0 Å². The van der Waals surface area contributed by atoms with Gasteiger partial charge in [0.15, 0.2) is 0 Å². The van der Waals surface area contributed by atoms with E-state index >= 15 is 0 Å². The molecular formula is C10H12F2N2O. The van der Waals surface area contributed by atoms with Gasteiger partial charge in [-0.05, 0) is 0 Å². The summed E-state index contributed by atoms with van der Waals surface area (Å²) < 4.78 is 26.8. The van der Waals surface area contributed by atoms with Crippen molar-refractivity contribution >= 4 is 5.91 Å². The molecule has 0 unspecified atom stereocenters. The molecule has 0 fully saturated rings. The average Bonchev–Trinajstić information content (AvgIpc) is 2.27. The van der Waals surface area contributed by atoms with Gasteiger partial charge in [-0.25, -0.2) is 0 Å². The highest BCUT2D eigenvalue weighted by Crippen LogP contribution is 2.27. The lowest BCUT2D eigenvalue weighted by Gasteiger charge is -2.15. The van der Waals surface area contributed by atoms with E-state index in [2.05, 4.69) is 5.32 Å². The minimum atomic E-state index is -3.50. The summed E-state index contributed by atoms with van der Waals surface area (Å²) in [5.74, 6) is -4.82. The summed E-state index contributed by atoms with van der Waals surface area (Å²) in [5.41, 5.74) is 4.78. The van der Waals surface area contributed by atoms with E-state index in [0.29, 0.717) is 0 Å². The molecule has 15 heavy (non-hydrogen) atoms. The van der Waals surface area contributed by atoms with Crippen LogP contribution in [0.2, 0.25) is 0 Å². The van der Waals surface area contributed by atoms with Crippen LogP contribution >= 0.6 is 0 Å². The highest BCUT2D eigenvalue weighted by molar-refractivity contribution is 5.84. The third kappa shape index (κ3) is 2.73. The van der Waals surface area contributed by atoms with Crippen molar-refractivity contribution in [3.8, 4) is 0 Å². The number of nitrogens with one attached hydrogen (secondary N) is 1. The molecule has 3 N–H and O–H groups in total. The molecule has 1 aromatic carbocycles. The average molecular weight is 214 g/mol. The smallest absolute Gasteiger partial charge is 0.349 e. The van der Waals surface area contributed by atoms with E-state index in [1.54, 1.807) is 6.07 Å². The van der Waals surface area contributed by atoms with E-state index in [4.69, 9.17) is 5.73 Å². The van der Waals surface area contributed by atoms with Gasteiger partial charge in [-0.15, -0.1) is 0 Å². The summed E-state index contributed by atoms with van der Waals surface area (Å²) >= 11 is 0. The fourth-order valence-corrected chi connectivity index (χ4v) is 1.08. The zero-order chi connectivity index (χ0) is 11.3. The summed E-state index contributed by atoms with van der Waals surface area (Å²) in [5, 5.41) is 2.06. The van der Waals surface area contributed by atoms with Crippen LogP contribution in [-0.4, -0.2) is 19.0 Å². The van der Waals surface area contributed by atoms with Crippen LogP contribution in [0.4, 0.5) is 8.78 Å². The Morgan fingerprint density at radius 3 is 2.47 bits per heavy atom. The van der Waals surface area contributed by atoms with Crippen LogP contribution in [0.3, 0.4) is 0 Å². The predicted octanol–water partition coefficient (Wildman–Crippen LogP) is 0.853. The Kier molecular flexibility index (Phi) is 3.74. The monoisotopic (exact) mass is 214 g/mol. The molecule has 0 bridgehead atoms. The highest BCUT2D eigenvalue weighted by atomic mass is 19.3. The van der Waals surface area contributed by atoms with Crippen LogP contribution < -0.4 is 11.1 Å². The normalized spacial score (nSPS) is 11.1. The Bertz CT molecular complexity index is 327. The van der Waals surface area contributed by atoms with Crippen molar-refractivity contribution in [1.82, 2.24) is 5.32 Å². The fourth-order valence-electron chi connectivity index (χ4n) is 1.08. The molecule has 3 nitrogen and oxygen atoms in total. The molecule has 0 aliphatic heterocycles. The van der Waals surface area contributed by atoms with E-state index in [1.807, 2.05) is 0 Å². The Balaban J connectivity index is 2.78. The Hall–Kier alpha value is -1.49. The van der Waals surface area contributed by atoms with E-state index in [9.17, 15) is 13.6 Å². The summed E-state index contributed by atoms with van der Waals surface area (Å²) in [6.45, 7) is 0.178. The number of amides is 1. The van der Waals surface area contributed by atoms with Crippen LogP contribution in [-0.2, 0) is 10.7 Å². The third-order valence-electron chi connectivity index (χ3n) is 1.85. The second-order valence-electron chi connectivity index (χ2n) is 2.98. The van der Waals surface area contributed by atoms with Crippen molar-refractivity contribution in [2.24, 2.45) is 5.73 Å². The van der Waals surface area contributed by atoms with E-state index < -0.39 is 11.8 Å². The van der Waals surface area contributed by atoms with E-state index in [0.717, 1.165) is 0 Å². The Morgan fingerprint density at radius 1 is 1.33 bits per heavy atom. The standard InChI is InChI=1S/C10H12F2N2O/c11-10(12,9(15)14-7-6-13)8-4-2-1-3-5-8/h1-5H,6-7,13H2,(H,14,15). The van der Waals surface area contributed by atoms with Crippen molar-refractivity contribution in [1.29, 1.82) is 0 Å². The second kappa shape index (κ2) is 4.84. The maximum absolute atomic E-state index is 13.4. The first-order valence-electron chi connectivity index (χ1n) is 4.50. The van der Waals surface area contributed by atoms with Gasteiger partial charge in [0.1, 0.15) is 0 Å². The second-order valence-corrected chi connectivity index (χ2v) is 2.98. The lowest BCUT2D eigenvalue weighted by atomic mass is 10.1. The number of hydrogen-bond acceptors (Lipinski definition) is 2. The first-order chi connectivity index (χ1) is 7.09. The topological polar surface area (TPSA) is 55.1 Å². The predicted molar refractivity (Wildman–Crippen MR) is 52.4 cm³/mol. The van der Waals surface area contributed by atoms with Crippen molar-refractivity contribution in [2.75, 3.05) is 13.1 Å². The highest BCUT2D eigenvalue weighted by Gasteiger charge is 2.40. The minimum absolute atomic E-state index is 0.0429. The summed E-state index contributed by atoms with van der Waals surface area (Å²) in [7, 11) is 0. The van der Waals surface area contributed by atoms with Crippen molar-refractivity contribution < 1.29 is 13.6 Å². The van der Waals surface area contributed by atoms with Crippen LogP contribution in [0.25, 0.3) is 0 Å². The van der Waals surface area contributed by atoms with E-state index in [-0.39, 0.29) is 18.7 Å². The molecule has 1 rings (SSSR count). The van der Waals surface area contributed by atoms with Gasteiger partial charge in [-0.3, -0.25) is 4.79 Å². The van der Waals surface area contributed by atoms with Crippen LogP contribution in [0.5, 0.6) is 0 Å². The maximum Gasteiger partial charge on any atom is 0.349 e.